The van der Waals surface area contributed by atoms with Crippen LogP contribution in [0.5, 0.6) is 0 Å². The molecule has 0 spiro atoms. The van der Waals surface area contributed by atoms with Gasteiger partial charge in [0.15, 0.2) is 0 Å². The number of carbonyl (C=O) groups is 3. The fourth-order valence-corrected chi connectivity index (χ4v) is 3.65. The molecular formula is C22H25ClN4O6. The van der Waals surface area contributed by atoms with Gasteiger partial charge in [0.2, 0.25) is 11.8 Å². The quantitative estimate of drug-likeness (QED) is 0.561. The van der Waals surface area contributed by atoms with E-state index in [-0.39, 0.29) is 55.3 Å². The lowest BCUT2D eigenvalue weighted by Gasteiger charge is -2.25. The van der Waals surface area contributed by atoms with Crippen molar-refractivity contribution in [2.75, 3.05) is 50.1 Å². The SMILES string of the molecule is COCCN(CC(=O)N1CC(=O)N(c2cccc(Cl)c2C)C1)C(=O)c1cccc(N(O)O)c1. The van der Waals surface area contributed by atoms with Gasteiger partial charge in [0.1, 0.15) is 19.8 Å². The number of carbonyl (C=O) groups excluding carboxylic acids is 3. The first kappa shape index (κ1) is 24.5. The molecule has 1 heterocycles. The molecule has 1 aliphatic heterocycles. The number of anilines is 2. The molecule has 1 fully saturated rings. The van der Waals surface area contributed by atoms with E-state index in [0.29, 0.717) is 10.7 Å². The average molecular weight is 477 g/mol. The van der Waals surface area contributed by atoms with E-state index in [1.54, 1.807) is 25.1 Å². The Morgan fingerprint density at radius 1 is 1.18 bits per heavy atom. The number of hydrogen-bond acceptors (Lipinski definition) is 7. The molecule has 0 bridgehead atoms. The number of methoxy groups -OCH3 is 1. The molecule has 3 rings (SSSR count). The zero-order valence-electron chi connectivity index (χ0n) is 18.3. The van der Waals surface area contributed by atoms with Gasteiger partial charge in [0.05, 0.1) is 12.3 Å². The summed E-state index contributed by atoms with van der Waals surface area (Å²) < 4.78 is 5.06. The van der Waals surface area contributed by atoms with Crippen LogP contribution in [0.4, 0.5) is 11.4 Å². The van der Waals surface area contributed by atoms with Crippen molar-refractivity contribution in [2.24, 2.45) is 0 Å². The highest BCUT2D eigenvalue weighted by atomic mass is 35.5. The predicted octanol–water partition coefficient (Wildman–Crippen LogP) is 2.15. The number of ether oxygens (including phenoxy) is 1. The number of amides is 3. The Kier molecular flexibility index (Phi) is 7.88. The fraction of sp³-hybridized carbons (Fsp3) is 0.318. The van der Waals surface area contributed by atoms with Crippen molar-refractivity contribution in [1.29, 1.82) is 0 Å². The van der Waals surface area contributed by atoms with Crippen molar-refractivity contribution in [3.8, 4) is 0 Å². The molecule has 0 aromatic heterocycles. The van der Waals surface area contributed by atoms with Crippen LogP contribution in [-0.2, 0) is 14.3 Å². The van der Waals surface area contributed by atoms with Crippen LogP contribution in [0.1, 0.15) is 15.9 Å². The molecule has 1 saturated heterocycles. The Hall–Kier alpha value is -3.18. The van der Waals surface area contributed by atoms with Gasteiger partial charge in [0.25, 0.3) is 5.91 Å². The Morgan fingerprint density at radius 3 is 2.61 bits per heavy atom. The predicted molar refractivity (Wildman–Crippen MR) is 121 cm³/mol. The molecule has 11 heteroatoms. The molecule has 2 aromatic carbocycles. The second kappa shape index (κ2) is 10.6. The maximum atomic E-state index is 13.0. The minimum atomic E-state index is -0.489. The summed E-state index contributed by atoms with van der Waals surface area (Å²) >= 11 is 6.17. The minimum Gasteiger partial charge on any atom is -0.383 e. The largest absolute Gasteiger partial charge is 0.383 e. The van der Waals surface area contributed by atoms with E-state index in [2.05, 4.69) is 0 Å². The lowest BCUT2D eigenvalue weighted by atomic mass is 10.1. The third kappa shape index (κ3) is 5.60. The first-order valence-electron chi connectivity index (χ1n) is 10.1. The van der Waals surface area contributed by atoms with Crippen molar-refractivity contribution >= 4 is 40.7 Å². The lowest BCUT2D eigenvalue weighted by Crippen LogP contribution is -2.44. The highest BCUT2D eigenvalue weighted by Crippen LogP contribution is 2.28. The smallest absolute Gasteiger partial charge is 0.254 e. The third-order valence-electron chi connectivity index (χ3n) is 5.32. The molecule has 2 aromatic rings. The van der Waals surface area contributed by atoms with E-state index in [1.165, 1.54) is 46.1 Å². The van der Waals surface area contributed by atoms with E-state index < -0.39 is 11.8 Å². The molecular weight excluding hydrogens is 452 g/mol. The second-order valence-electron chi connectivity index (χ2n) is 7.50. The molecule has 33 heavy (non-hydrogen) atoms. The number of nitrogens with zero attached hydrogens (tertiary/aromatic N) is 4. The van der Waals surface area contributed by atoms with Crippen LogP contribution in [0.15, 0.2) is 42.5 Å². The van der Waals surface area contributed by atoms with Crippen LogP contribution in [0.25, 0.3) is 0 Å². The Morgan fingerprint density at radius 2 is 1.91 bits per heavy atom. The Labute approximate surface area is 196 Å². The van der Waals surface area contributed by atoms with Gasteiger partial charge in [-0.3, -0.25) is 29.7 Å². The van der Waals surface area contributed by atoms with Crippen molar-refractivity contribution in [3.05, 3.63) is 58.6 Å². The van der Waals surface area contributed by atoms with E-state index in [4.69, 9.17) is 16.3 Å². The zero-order valence-corrected chi connectivity index (χ0v) is 19.0. The highest BCUT2D eigenvalue weighted by molar-refractivity contribution is 6.31. The molecule has 1 aliphatic rings. The van der Waals surface area contributed by atoms with Crippen LogP contribution in [-0.4, -0.2) is 78.0 Å². The maximum absolute atomic E-state index is 13.0. The molecule has 0 atom stereocenters. The highest BCUT2D eigenvalue weighted by Gasteiger charge is 2.34. The monoisotopic (exact) mass is 476 g/mol. The standard InChI is InChI=1S/C22H25ClN4O6/c1-15-18(23)7-4-8-19(15)26-14-25(13-21(26)29)20(28)12-24(9-10-33-2)22(30)16-5-3-6-17(11-16)27(31)32/h3-8,11,31-32H,9-10,12-14H2,1-2H3. The molecule has 0 aliphatic carbocycles. The van der Waals surface area contributed by atoms with Crippen LogP contribution in [0.3, 0.4) is 0 Å². The first-order chi connectivity index (χ1) is 15.7. The molecule has 0 saturated carbocycles. The van der Waals surface area contributed by atoms with Crippen molar-refractivity contribution in [3.63, 3.8) is 0 Å². The van der Waals surface area contributed by atoms with E-state index >= 15 is 0 Å². The van der Waals surface area contributed by atoms with Gasteiger partial charge < -0.3 is 14.5 Å². The zero-order chi connectivity index (χ0) is 24.1. The lowest BCUT2D eigenvalue weighted by molar-refractivity contribution is -0.132. The minimum absolute atomic E-state index is 0.00320. The number of hydrogen-bond donors (Lipinski definition) is 2. The summed E-state index contributed by atoms with van der Waals surface area (Å²) in [6.07, 6.45) is 0. The van der Waals surface area contributed by atoms with Crippen LogP contribution < -0.4 is 10.1 Å². The van der Waals surface area contributed by atoms with Crippen LogP contribution in [0.2, 0.25) is 5.02 Å². The molecule has 3 amide bonds. The maximum Gasteiger partial charge on any atom is 0.254 e. The Balaban J connectivity index is 1.75. The molecule has 0 radical (unpaired) electrons. The van der Waals surface area contributed by atoms with E-state index in [1.807, 2.05) is 0 Å². The second-order valence-corrected chi connectivity index (χ2v) is 7.91. The summed E-state index contributed by atoms with van der Waals surface area (Å²) in [5, 5.41) is 18.9. The normalized spacial score (nSPS) is 13.4. The van der Waals surface area contributed by atoms with Gasteiger partial charge >= 0.3 is 0 Å². The van der Waals surface area contributed by atoms with E-state index in [9.17, 15) is 24.8 Å². The van der Waals surface area contributed by atoms with Crippen molar-refractivity contribution < 1.29 is 29.5 Å². The van der Waals surface area contributed by atoms with Gasteiger partial charge in [-0.1, -0.05) is 23.7 Å². The van der Waals surface area contributed by atoms with Gasteiger partial charge in [-0.25, -0.2) is 0 Å². The topological polar surface area (TPSA) is 114 Å². The molecule has 10 nitrogen and oxygen atoms in total. The van der Waals surface area contributed by atoms with E-state index in [0.717, 1.165) is 5.56 Å². The van der Waals surface area contributed by atoms with Crippen LogP contribution in [0, 0.1) is 6.92 Å². The molecule has 176 valence electrons. The van der Waals surface area contributed by atoms with Gasteiger partial charge in [-0.15, -0.1) is 5.23 Å². The van der Waals surface area contributed by atoms with Crippen molar-refractivity contribution in [2.45, 2.75) is 6.92 Å². The first-order valence-corrected chi connectivity index (χ1v) is 10.5. The van der Waals surface area contributed by atoms with Gasteiger partial charge in [-0.2, -0.15) is 0 Å². The summed E-state index contributed by atoms with van der Waals surface area (Å²) in [5.41, 5.74) is 1.53. The summed E-state index contributed by atoms with van der Waals surface area (Å²) in [4.78, 5) is 42.8. The summed E-state index contributed by atoms with van der Waals surface area (Å²) in [5.74, 6) is -1.14. The molecule has 0 unspecified atom stereocenters. The number of rotatable bonds is 8. The number of halogens is 1. The van der Waals surface area contributed by atoms with Crippen LogP contribution >= 0.6 is 11.6 Å². The Bertz CT molecular complexity index is 1050. The summed E-state index contributed by atoms with van der Waals surface area (Å²) in [6, 6.07) is 10.9. The van der Waals surface area contributed by atoms with Gasteiger partial charge in [0, 0.05) is 29.9 Å². The average Bonchev–Trinajstić information content (AvgIpc) is 3.19. The number of benzene rings is 2. The van der Waals surface area contributed by atoms with Crippen molar-refractivity contribution in [1.82, 2.24) is 9.80 Å². The fourth-order valence-electron chi connectivity index (χ4n) is 3.48. The summed E-state index contributed by atoms with van der Waals surface area (Å²) in [6.45, 7) is 1.78. The third-order valence-corrected chi connectivity index (χ3v) is 5.73. The van der Waals surface area contributed by atoms with Gasteiger partial charge in [-0.05, 0) is 42.8 Å². The molecule has 2 N–H and O–H groups in total. The summed E-state index contributed by atoms with van der Waals surface area (Å²) in [7, 11) is 1.48.